The van der Waals surface area contributed by atoms with E-state index in [0.717, 1.165) is 17.2 Å². The van der Waals surface area contributed by atoms with E-state index in [1.54, 1.807) is 24.3 Å². The van der Waals surface area contributed by atoms with Crippen LogP contribution < -0.4 is 10.6 Å². The Bertz CT molecular complexity index is 1710. The number of nitrogens with zero attached hydrogens (tertiary/aromatic N) is 1. The predicted molar refractivity (Wildman–Crippen MR) is 168 cm³/mol. The van der Waals surface area contributed by atoms with Crippen LogP contribution in [0.2, 0.25) is 0 Å². The second-order valence-corrected chi connectivity index (χ2v) is 13.3. The number of amides is 2. The number of alkyl halides is 3. The number of ether oxygens (including phenoxy) is 4. The molecule has 2 amide bonds. The molecule has 0 aromatic heterocycles. The molecule has 16 heteroatoms. The summed E-state index contributed by atoms with van der Waals surface area (Å²) in [5, 5.41) is 15.8. The van der Waals surface area contributed by atoms with Gasteiger partial charge in [-0.2, -0.15) is 18.2 Å². The maximum absolute atomic E-state index is 14.3. The fraction of sp³-hybridized carbons (Fsp3) is 0.486. The number of carbonyl (C=O) groups is 4. The van der Waals surface area contributed by atoms with Gasteiger partial charge in [0.25, 0.3) is 0 Å². The summed E-state index contributed by atoms with van der Waals surface area (Å²) in [6.07, 6.45) is -4.85. The monoisotopic (exact) mass is 715 g/mol. The third-order valence-electron chi connectivity index (χ3n) is 9.86. The number of hydroxylamine groups is 2. The summed E-state index contributed by atoms with van der Waals surface area (Å²) in [4.78, 5) is 58.7. The third-order valence-corrected chi connectivity index (χ3v) is 9.86. The van der Waals surface area contributed by atoms with Crippen molar-refractivity contribution in [2.75, 3.05) is 26.3 Å². The molecular formula is C35H36F3N3O10. The highest BCUT2D eigenvalue weighted by atomic mass is 19.4. The van der Waals surface area contributed by atoms with Crippen LogP contribution in [0.15, 0.2) is 54.6 Å². The second-order valence-electron chi connectivity index (χ2n) is 13.3. The fourth-order valence-electron chi connectivity index (χ4n) is 7.84. The number of aliphatic hydroxyl groups excluding tert-OH is 1. The van der Waals surface area contributed by atoms with E-state index < -0.39 is 72.3 Å². The number of benzene rings is 2. The van der Waals surface area contributed by atoms with Crippen LogP contribution >= 0.6 is 0 Å². The van der Waals surface area contributed by atoms with Crippen molar-refractivity contribution < 1.29 is 61.2 Å². The standard InChI is InChI=1S/C35H36F3N3O10/c36-35(37,38)19-47-26(44)9-8-20-4-3-5-21(14-20)18-41-29-31(45)48-24-17-34(29,32(46)40-11-10-25(43)39-12-13-42)30(51-41)28-27(24)49-33(50-28)15-22-6-1-2-7-23(22)16-33/h1-9,14,24,27-30,42H,10-13,15-19H2,(H,39,43)(H,40,46). The average molecular weight is 716 g/mol. The molecule has 2 aliphatic carbocycles. The smallest absolute Gasteiger partial charge is 0.422 e. The molecule has 7 rings (SSSR count). The van der Waals surface area contributed by atoms with Gasteiger partial charge in [-0.3, -0.25) is 19.2 Å². The van der Waals surface area contributed by atoms with Gasteiger partial charge in [-0.25, -0.2) is 4.79 Å². The van der Waals surface area contributed by atoms with Gasteiger partial charge in [0, 0.05) is 44.8 Å². The molecule has 3 aliphatic heterocycles. The summed E-state index contributed by atoms with van der Waals surface area (Å²) in [6.45, 7) is -1.93. The van der Waals surface area contributed by atoms with Gasteiger partial charge in [0.1, 0.15) is 29.8 Å². The molecule has 272 valence electrons. The molecule has 2 bridgehead atoms. The van der Waals surface area contributed by atoms with Gasteiger partial charge in [-0.05, 0) is 28.3 Å². The van der Waals surface area contributed by atoms with Gasteiger partial charge in [-0.1, -0.05) is 48.5 Å². The third kappa shape index (κ3) is 6.85. The normalized spacial score (nSPS) is 28.7. The van der Waals surface area contributed by atoms with Crippen LogP contribution in [-0.4, -0.2) is 103 Å². The average Bonchev–Trinajstić information content (AvgIpc) is 3.76. The first-order valence-electron chi connectivity index (χ1n) is 16.6. The number of rotatable bonds is 11. The Kier molecular flexibility index (Phi) is 9.39. The zero-order valence-electron chi connectivity index (χ0n) is 27.2. The number of nitrogens with one attached hydrogen (secondary N) is 2. The number of hydrogen-bond donors (Lipinski definition) is 3. The molecule has 5 aliphatic rings. The lowest BCUT2D eigenvalue weighted by Crippen LogP contribution is -2.69. The molecule has 3 saturated heterocycles. The molecule has 1 spiro atoms. The lowest BCUT2D eigenvalue weighted by molar-refractivity contribution is -0.217. The van der Waals surface area contributed by atoms with Crippen molar-refractivity contribution in [1.29, 1.82) is 0 Å². The lowest BCUT2D eigenvalue weighted by atomic mass is 9.62. The quantitative estimate of drug-likeness (QED) is 0.229. The Morgan fingerprint density at radius 3 is 2.49 bits per heavy atom. The number of carbonyl (C=O) groups excluding carboxylic acids is 4. The SMILES string of the molecule is O=C(CCNC(=O)C12CC3OC(=O)C1N(Cc1cccc(C=CC(=O)OCC(F)(F)F)c1)OC2C1OC2(Cc4ccccc4C2)OC31)NCCO. The minimum absolute atomic E-state index is 0.0193. The minimum Gasteiger partial charge on any atom is -0.458 e. The van der Waals surface area contributed by atoms with Gasteiger partial charge >= 0.3 is 18.1 Å². The summed E-state index contributed by atoms with van der Waals surface area (Å²) in [6, 6.07) is 13.3. The molecular weight excluding hydrogens is 679 g/mol. The highest BCUT2D eigenvalue weighted by Crippen LogP contribution is 2.58. The number of esters is 2. The minimum atomic E-state index is -4.65. The maximum atomic E-state index is 14.3. The van der Waals surface area contributed by atoms with Gasteiger partial charge in [0.05, 0.1) is 13.2 Å². The first-order valence-corrected chi connectivity index (χ1v) is 16.6. The molecule has 0 radical (unpaired) electrons. The number of halogens is 3. The molecule has 6 unspecified atom stereocenters. The van der Waals surface area contributed by atoms with Gasteiger partial charge in [-0.15, -0.1) is 0 Å². The second kappa shape index (κ2) is 13.7. The largest absolute Gasteiger partial charge is 0.458 e. The van der Waals surface area contributed by atoms with Crippen LogP contribution in [-0.2, 0) is 62.3 Å². The molecule has 2 aromatic rings. The highest BCUT2D eigenvalue weighted by molar-refractivity contribution is 5.94. The van der Waals surface area contributed by atoms with Gasteiger partial charge < -0.3 is 34.7 Å². The molecule has 13 nitrogen and oxygen atoms in total. The van der Waals surface area contributed by atoms with E-state index in [4.69, 9.17) is 24.2 Å². The Labute approximate surface area is 289 Å². The van der Waals surface area contributed by atoms with E-state index in [-0.39, 0.29) is 45.0 Å². The molecule has 2 aromatic carbocycles. The summed E-state index contributed by atoms with van der Waals surface area (Å²) in [7, 11) is 0. The zero-order valence-corrected chi connectivity index (χ0v) is 27.2. The van der Waals surface area contributed by atoms with E-state index in [2.05, 4.69) is 15.4 Å². The van der Waals surface area contributed by atoms with Crippen LogP contribution in [0.1, 0.15) is 35.1 Å². The van der Waals surface area contributed by atoms with Crippen LogP contribution in [0.4, 0.5) is 13.2 Å². The Morgan fingerprint density at radius 1 is 1.02 bits per heavy atom. The van der Waals surface area contributed by atoms with E-state index in [1.807, 2.05) is 24.3 Å². The Balaban J connectivity index is 1.14. The first kappa shape index (κ1) is 35.1. The van der Waals surface area contributed by atoms with Crippen molar-refractivity contribution in [3.63, 3.8) is 0 Å². The van der Waals surface area contributed by atoms with Crippen molar-refractivity contribution in [2.45, 2.75) is 74.6 Å². The number of aliphatic hydroxyl groups is 1. The van der Waals surface area contributed by atoms with Crippen LogP contribution in [0, 0.1) is 5.41 Å². The molecule has 6 atom stereocenters. The maximum Gasteiger partial charge on any atom is 0.422 e. The van der Waals surface area contributed by atoms with Gasteiger partial charge in [0.15, 0.2) is 18.4 Å². The van der Waals surface area contributed by atoms with Crippen LogP contribution in [0.3, 0.4) is 0 Å². The van der Waals surface area contributed by atoms with Crippen molar-refractivity contribution in [3.8, 4) is 0 Å². The summed E-state index contributed by atoms with van der Waals surface area (Å²) >= 11 is 0. The van der Waals surface area contributed by atoms with E-state index in [1.165, 1.54) is 11.1 Å². The number of hydrogen-bond acceptors (Lipinski definition) is 11. The molecule has 51 heavy (non-hydrogen) atoms. The van der Waals surface area contributed by atoms with Crippen molar-refractivity contribution in [3.05, 3.63) is 76.9 Å². The highest BCUT2D eigenvalue weighted by Gasteiger charge is 2.76. The zero-order chi connectivity index (χ0) is 36.0. The summed E-state index contributed by atoms with van der Waals surface area (Å²) in [5.74, 6) is -3.78. The van der Waals surface area contributed by atoms with Gasteiger partial charge in [0.2, 0.25) is 11.8 Å². The van der Waals surface area contributed by atoms with Crippen molar-refractivity contribution in [1.82, 2.24) is 15.7 Å². The molecule has 3 N–H and O–H groups in total. The summed E-state index contributed by atoms with van der Waals surface area (Å²) < 4.78 is 60.8. The molecule has 3 heterocycles. The number of fused-ring (bicyclic) bond motifs is 5. The first-order chi connectivity index (χ1) is 24.4. The topological polar surface area (TPSA) is 162 Å². The van der Waals surface area contributed by atoms with Crippen LogP contribution in [0.5, 0.6) is 0 Å². The van der Waals surface area contributed by atoms with E-state index >= 15 is 0 Å². The molecule has 1 saturated carbocycles. The Morgan fingerprint density at radius 2 is 1.76 bits per heavy atom. The predicted octanol–water partition coefficient (Wildman–Crippen LogP) is 1.50. The van der Waals surface area contributed by atoms with E-state index in [9.17, 15) is 32.3 Å². The molecule has 4 fully saturated rings. The van der Waals surface area contributed by atoms with Crippen LogP contribution in [0.25, 0.3) is 6.08 Å². The Hall–Kier alpha value is -4.35. The lowest BCUT2D eigenvalue weighted by Gasteiger charge is -2.48. The van der Waals surface area contributed by atoms with E-state index in [0.29, 0.717) is 24.0 Å². The fourth-order valence-corrected chi connectivity index (χ4v) is 7.84. The van der Waals surface area contributed by atoms with Crippen molar-refractivity contribution >= 4 is 29.8 Å². The summed E-state index contributed by atoms with van der Waals surface area (Å²) in [5.41, 5.74) is 1.70. The van der Waals surface area contributed by atoms with Crippen molar-refractivity contribution in [2.24, 2.45) is 5.41 Å².